The first kappa shape index (κ1) is 25.0. The predicted molar refractivity (Wildman–Crippen MR) is 129 cm³/mol. The number of carbonyl (C=O) groups is 3. The van der Waals surface area contributed by atoms with Crippen molar-refractivity contribution in [3.05, 3.63) is 64.7 Å². The van der Waals surface area contributed by atoms with Crippen LogP contribution in [0.2, 0.25) is 0 Å². The molecule has 7 nitrogen and oxygen atoms in total. The summed E-state index contributed by atoms with van der Waals surface area (Å²) in [7, 11) is 0. The van der Waals surface area contributed by atoms with E-state index >= 15 is 0 Å². The number of Topliss-reactive ketones (excluding diaryl/α,β-unsaturated/α-hetero) is 1. The van der Waals surface area contributed by atoms with E-state index in [4.69, 9.17) is 9.47 Å². The number of hydrogen-bond acceptors (Lipinski definition) is 6. The van der Waals surface area contributed by atoms with E-state index in [9.17, 15) is 19.5 Å². The van der Waals surface area contributed by atoms with Crippen LogP contribution in [0, 0.1) is 0 Å². The van der Waals surface area contributed by atoms with Crippen molar-refractivity contribution in [1.82, 2.24) is 4.90 Å². The van der Waals surface area contributed by atoms with Crippen molar-refractivity contribution in [2.75, 3.05) is 13.2 Å². The highest BCUT2D eigenvalue weighted by Crippen LogP contribution is 2.40. The Bertz CT molecular complexity index is 1120. The molecule has 0 spiro atoms. The van der Waals surface area contributed by atoms with E-state index in [2.05, 4.69) is 0 Å². The van der Waals surface area contributed by atoms with Gasteiger partial charge in [-0.05, 0) is 60.7 Å². The maximum absolute atomic E-state index is 13.1. The van der Waals surface area contributed by atoms with Gasteiger partial charge in [-0.25, -0.2) is 0 Å². The third-order valence-corrected chi connectivity index (χ3v) is 5.67. The molecule has 3 rings (SSSR count). The number of aliphatic hydroxyl groups excluding tert-OH is 1. The minimum Gasteiger partial charge on any atom is -0.507 e. The molecule has 1 aliphatic heterocycles. The quantitative estimate of drug-likeness (QED) is 0.195. The standard InChI is InChI=1S/C27H31NO6/c1-6-14-28-24(18-8-11-20(12-9-18)34-17(5)29)23(26(31)27(28)32)25(30)19-10-13-22(33-7-2)21(15-19)16(3)4/h8-13,15-16,24,30H,6-7,14H2,1-5H3/b25-23-. The van der Waals surface area contributed by atoms with Gasteiger partial charge in [-0.1, -0.05) is 32.9 Å². The molecule has 1 N–H and O–H groups in total. The van der Waals surface area contributed by atoms with Gasteiger partial charge in [0.2, 0.25) is 0 Å². The SMILES string of the molecule is CCCN1C(=O)C(=O)/C(=C(\O)c2ccc(OCC)c(C(C)C)c2)C1c1ccc(OC(C)=O)cc1. The predicted octanol–water partition coefficient (Wildman–Crippen LogP) is 4.97. The Balaban J connectivity index is 2.14. The van der Waals surface area contributed by atoms with Crippen molar-refractivity contribution in [3.63, 3.8) is 0 Å². The average molecular weight is 466 g/mol. The molecular weight excluding hydrogens is 434 g/mol. The van der Waals surface area contributed by atoms with Crippen LogP contribution in [0.3, 0.4) is 0 Å². The Morgan fingerprint density at radius 3 is 2.32 bits per heavy atom. The molecule has 1 fully saturated rings. The summed E-state index contributed by atoms with van der Waals surface area (Å²) in [4.78, 5) is 38.7. The van der Waals surface area contributed by atoms with Crippen LogP contribution in [0.5, 0.6) is 11.5 Å². The first-order chi connectivity index (χ1) is 16.2. The Kier molecular flexibility index (Phi) is 7.76. The molecule has 1 atom stereocenters. The highest BCUT2D eigenvalue weighted by molar-refractivity contribution is 6.46. The van der Waals surface area contributed by atoms with E-state index in [0.29, 0.717) is 36.4 Å². The Morgan fingerprint density at radius 2 is 1.76 bits per heavy atom. The van der Waals surface area contributed by atoms with Crippen LogP contribution in [0.25, 0.3) is 5.76 Å². The molecule has 0 aliphatic carbocycles. The number of benzene rings is 2. The summed E-state index contributed by atoms with van der Waals surface area (Å²) in [6, 6.07) is 11.1. The second kappa shape index (κ2) is 10.5. The van der Waals surface area contributed by atoms with E-state index in [-0.39, 0.29) is 17.3 Å². The zero-order valence-electron chi connectivity index (χ0n) is 20.3. The van der Waals surface area contributed by atoms with Crippen LogP contribution < -0.4 is 9.47 Å². The molecule has 180 valence electrons. The lowest BCUT2D eigenvalue weighted by atomic mass is 9.93. The molecule has 1 amide bonds. The Morgan fingerprint density at radius 1 is 1.09 bits per heavy atom. The number of ketones is 1. The largest absolute Gasteiger partial charge is 0.507 e. The van der Waals surface area contributed by atoms with Crippen LogP contribution in [0.15, 0.2) is 48.0 Å². The maximum atomic E-state index is 13.1. The van der Waals surface area contributed by atoms with E-state index in [1.807, 2.05) is 27.7 Å². The fourth-order valence-electron chi connectivity index (χ4n) is 4.17. The van der Waals surface area contributed by atoms with Crippen molar-refractivity contribution in [1.29, 1.82) is 0 Å². The highest BCUT2D eigenvalue weighted by Gasteiger charge is 2.45. The number of rotatable bonds is 8. The van der Waals surface area contributed by atoms with Crippen molar-refractivity contribution < 1.29 is 29.0 Å². The number of esters is 1. The van der Waals surface area contributed by atoms with Gasteiger partial charge in [0.25, 0.3) is 11.7 Å². The lowest BCUT2D eigenvalue weighted by Crippen LogP contribution is -2.30. The fourth-order valence-corrected chi connectivity index (χ4v) is 4.17. The normalized spacial score (nSPS) is 17.4. The zero-order chi connectivity index (χ0) is 25.0. The number of aliphatic hydroxyl groups is 1. The lowest BCUT2D eigenvalue weighted by Gasteiger charge is -2.25. The highest BCUT2D eigenvalue weighted by atomic mass is 16.5. The summed E-state index contributed by atoms with van der Waals surface area (Å²) in [6.07, 6.45) is 0.648. The molecule has 1 saturated heterocycles. The molecule has 1 aliphatic rings. The smallest absolute Gasteiger partial charge is 0.308 e. The van der Waals surface area contributed by atoms with Crippen LogP contribution in [0.1, 0.15) is 69.7 Å². The van der Waals surface area contributed by atoms with Gasteiger partial charge in [0.05, 0.1) is 18.2 Å². The fraction of sp³-hybridized carbons (Fsp3) is 0.370. The molecule has 2 aromatic carbocycles. The van der Waals surface area contributed by atoms with E-state index in [0.717, 1.165) is 11.3 Å². The van der Waals surface area contributed by atoms with Crippen molar-refractivity contribution in [2.24, 2.45) is 0 Å². The van der Waals surface area contributed by atoms with E-state index in [1.165, 1.54) is 11.8 Å². The van der Waals surface area contributed by atoms with Gasteiger partial charge in [-0.15, -0.1) is 0 Å². The average Bonchev–Trinajstić information content (AvgIpc) is 3.04. The molecule has 1 unspecified atom stereocenters. The molecule has 34 heavy (non-hydrogen) atoms. The van der Waals surface area contributed by atoms with Crippen LogP contribution in [-0.4, -0.2) is 40.8 Å². The Hall–Kier alpha value is -3.61. The third-order valence-electron chi connectivity index (χ3n) is 5.67. The van der Waals surface area contributed by atoms with Crippen LogP contribution in [-0.2, 0) is 14.4 Å². The van der Waals surface area contributed by atoms with Crippen molar-refractivity contribution >= 4 is 23.4 Å². The molecular formula is C27H31NO6. The second-order valence-corrected chi connectivity index (χ2v) is 8.50. The summed E-state index contributed by atoms with van der Waals surface area (Å²) in [5, 5.41) is 11.3. The Labute approximate surface area is 200 Å². The summed E-state index contributed by atoms with van der Waals surface area (Å²) < 4.78 is 10.8. The molecule has 7 heteroatoms. The minimum absolute atomic E-state index is 0.0394. The summed E-state index contributed by atoms with van der Waals surface area (Å²) in [5.41, 5.74) is 2.02. The van der Waals surface area contributed by atoms with Gasteiger partial charge in [0.15, 0.2) is 0 Å². The molecule has 0 radical (unpaired) electrons. The van der Waals surface area contributed by atoms with Crippen molar-refractivity contribution in [3.8, 4) is 11.5 Å². The molecule has 0 saturated carbocycles. The van der Waals surface area contributed by atoms with E-state index < -0.39 is 23.7 Å². The second-order valence-electron chi connectivity index (χ2n) is 8.50. The van der Waals surface area contributed by atoms with Gasteiger partial charge in [0, 0.05) is 19.0 Å². The zero-order valence-corrected chi connectivity index (χ0v) is 20.3. The number of amides is 1. The summed E-state index contributed by atoms with van der Waals surface area (Å²) in [6.45, 7) is 10.0. The molecule has 0 bridgehead atoms. The number of likely N-dealkylation sites (tertiary alicyclic amines) is 1. The monoisotopic (exact) mass is 465 g/mol. The summed E-state index contributed by atoms with van der Waals surface area (Å²) in [5.74, 6) is -0.832. The number of nitrogens with zero attached hydrogens (tertiary/aromatic N) is 1. The number of ether oxygens (including phenoxy) is 2. The lowest BCUT2D eigenvalue weighted by molar-refractivity contribution is -0.139. The van der Waals surface area contributed by atoms with Crippen molar-refractivity contribution in [2.45, 2.75) is 53.0 Å². The topological polar surface area (TPSA) is 93.1 Å². The number of hydrogen-bond donors (Lipinski definition) is 1. The molecule has 2 aromatic rings. The van der Waals surface area contributed by atoms with Crippen LogP contribution >= 0.6 is 0 Å². The van der Waals surface area contributed by atoms with Crippen LogP contribution in [0.4, 0.5) is 0 Å². The van der Waals surface area contributed by atoms with Gasteiger partial charge in [-0.3, -0.25) is 14.4 Å². The minimum atomic E-state index is -0.750. The molecule has 1 heterocycles. The van der Waals surface area contributed by atoms with Gasteiger partial charge in [-0.2, -0.15) is 0 Å². The first-order valence-corrected chi connectivity index (χ1v) is 11.5. The van der Waals surface area contributed by atoms with Gasteiger partial charge < -0.3 is 19.5 Å². The summed E-state index contributed by atoms with van der Waals surface area (Å²) >= 11 is 0. The third kappa shape index (κ3) is 4.98. The maximum Gasteiger partial charge on any atom is 0.308 e. The molecule has 0 aromatic heterocycles. The van der Waals surface area contributed by atoms with Gasteiger partial charge >= 0.3 is 5.97 Å². The number of carbonyl (C=O) groups excluding carboxylic acids is 3. The first-order valence-electron chi connectivity index (χ1n) is 11.5. The van der Waals surface area contributed by atoms with Gasteiger partial charge in [0.1, 0.15) is 17.3 Å². The van der Waals surface area contributed by atoms with E-state index in [1.54, 1.807) is 42.5 Å².